The van der Waals surface area contributed by atoms with E-state index in [2.05, 4.69) is 15.5 Å². The monoisotopic (exact) mass is 316 g/mol. The summed E-state index contributed by atoms with van der Waals surface area (Å²) < 4.78 is 27.7. The first-order valence-electron chi connectivity index (χ1n) is 6.99. The summed E-state index contributed by atoms with van der Waals surface area (Å²) in [4.78, 5) is 13.3. The number of nitrogens with one attached hydrogen (secondary N) is 1. The molecule has 118 valence electrons. The van der Waals surface area contributed by atoms with E-state index >= 15 is 0 Å². The third-order valence-electron chi connectivity index (χ3n) is 3.55. The van der Waals surface area contributed by atoms with Crippen LogP contribution in [0.15, 0.2) is 30.3 Å². The normalized spacial score (nSPS) is 11.0. The summed E-state index contributed by atoms with van der Waals surface area (Å²) >= 11 is 0. The van der Waals surface area contributed by atoms with Crippen molar-refractivity contribution in [2.45, 2.75) is 13.3 Å². The lowest BCUT2D eigenvalue weighted by Gasteiger charge is -2.08. The number of hydrogen-bond acceptors (Lipinski definition) is 3. The van der Waals surface area contributed by atoms with Gasteiger partial charge in [0, 0.05) is 13.1 Å². The van der Waals surface area contributed by atoms with Crippen LogP contribution in [0.1, 0.15) is 11.1 Å². The molecular weight excluding hydrogens is 302 g/mol. The molecule has 1 heterocycles. The van der Waals surface area contributed by atoms with Gasteiger partial charge >= 0.3 is 0 Å². The number of fused-ring (bicyclic) bond motifs is 1. The molecule has 0 aliphatic rings. The summed E-state index contributed by atoms with van der Waals surface area (Å²) in [6.07, 6.45) is 0.0885. The minimum atomic E-state index is -0.881. The molecule has 7 heteroatoms. The summed E-state index contributed by atoms with van der Waals surface area (Å²) in [5, 5.41) is 10.2. The minimum absolute atomic E-state index is 0.0110. The standard InChI is InChI=1S/C16H14F2N4O/c1-9-5-3-4-6-10(9)7-13(23)19-14-11(17)8-12(18)15-16(14)21-22(2)20-15/h3-6,8H,7H2,1-2H3,(H,19,23). The Labute approximate surface area is 130 Å². The molecule has 0 unspecified atom stereocenters. The summed E-state index contributed by atoms with van der Waals surface area (Å²) in [5.41, 5.74) is 1.55. The molecule has 0 aliphatic heterocycles. The molecule has 1 amide bonds. The fourth-order valence-corrected chi connectivity index (χ4v) is 2.38. The molecule has 1 aromatic heterocycles. The van der Waals surface area contributed by atoms with Gasteiger partial charge in [0.2, 0.25) is 5.91 Å². The van der Waals surface area contributed by atoms with Crippen LogP contribution in [-0.2, 0) is 18.3 Å². The zero-order valence-electron chi connectivity index (χ0n) is 12.6. The molecule has 0 spiro atoms. The molecule has 0 bridgehead atoms. The summed E-state index contributed by atoms with van der Waals surface area (Å²) in [7, 11) is 1.50. The molecular formula is C16H14F2N4O. The number of amides is 1. The van der Waals surface area contributed by atoms with Crippen LogP contribution in [-0.4, -0.2) is 20.9 Å². The third-order valence-corrected chi connectivity index (χ3v) is 3.55. The minimum Gasteiger partial charge on any atom is -0.321 e. The van der Waals surface area contributed by atoms with Crippen LogP contribution in [0.4, 0.5) is 14.5 Å². The average Bonchev–Trinajstić information content (AvgIpc) is 2.88. The molecule has 23 heavy (non-hydrogen) atoms. The number of hydrogen-bond donors (Lipinski definition) is 1. The van der Waals surface area contributed by atoms with Crippen molar-refractivity contribution >= 4 is 22.6 Å². The van der Waals surface area contributed by atoms with Gasteiger partial charge in [-0.05, 0) is 18.1 Å². The highest BCUT2D eigenvalue weighted by Crippen LogP contribution is 2.26. The van der Waals surface area contributed by atoms with Crippen molar-refractivity contribution in [3.63, 3.8) is 0 Å². The Morgan fingerprint density at radius 2 is 1.87 bits per heavy atom. The number of carbonyl (C=O) groups is 1. The van der Waals surface area contributed by atoms with Gasteiger partial charge in [-0.3, -0.25) is 4.79 Å². The van der Waals surface area contributed by atoms with Gasteiger partial charge in [-0.25, -0.2) is 8.78 Å². The maximum Gasteiger partial charge on any atom is 0.228 e. The Balaban J connectivity index is 1.92. The zero-order valence-corrected chi connectivity index (χ0v) is 12.6. The van der Waals surface area contributed by atoms with Gasteiger partial charge in [0.1, 0.15) is 11.2 Å². The topological polar surface area (TPSA) is 59.8 Å². The Hall–Kier alpha value is -2.83. The number of carbonyl (C=O) groups excluding carboxylic acids is 1. The Morgan fingerprint density at radius 1 is 1.17 bits per heavy atom. The van der Waals surface area contributed by atoms with Gasteiger partial charge in [0.05, 0.1) is 6.42 Å². The number of halogens is 2. The van der Waals surface area contributed by atoms with E-state index in [9.17, 15) is 13.6 Å². The van der Waals surface area contributed by atoms with Crippen molar-refractivity contribution in [1.29, 1.82) is 0 Å². The van der Waals surface area contributed by atoms with E-state index in [4.69, 9.17) is 0 Å². The van der Waals surface area contributed by atoms with Crippen molar-refractivity contribution in [2.75, 3.05) is 5.32 Å². The summed E-state index contributed by atoms with van der Waals surface area (Å²) in [5.74, 6) is -2.10. The van der Waals surface area contributed by atoms with Crippen LogP contribution >= 0.6 is 0 Å². The van der Waals surface area contributed by atoms with Crippen molar-refractivity contribution in [1.82, 2.24) is 15.0 Å². The quantitative estimate of drug-likeness (QED) is 0.808. The zero-order chi connectivity index (χ0) is 16.6. The van der Waals surface area contributed by atoms with Gasteiger partial charge in [-0.15, -0.1) is 0 Å². The van der Waals surface area contributed by atoms with Crippen LogP contribution in [0, 0.1) is 18.6 Å². The highest BCUT2D eigenvalue weighted by atomic mass is 19.1. The Bertz CT molecular complexity index is 904. The first kappa shape index (κ1) is 15.1. The average molecular weight is 316 g/mol. The maximum atomic E-state index is 14.0. The van der Waals surface area contributed by atoms with Crippen LogP contribution in [0.25, 0.3) is 11.0 Å². The highest BCUT2D eigenvalue weighted by molar-refractivity contribution is 6.00. The molecule has 0 atom stereocenters. The van der Waals surface area contributed by atoms with E-state index < -0.39 is 17.5 Å². The number of nitrogens with zero attached hydrogens (tertiary/aromatic N) is 3. The van der Waals surface area contributed by atoms with Gasteiger partial charge in [0.15, 0.2) is 17.2 Å². The van der Waals surface area contributed by atoms with Crippen molar-refractivity contribution in [3.8, 4) is 0 Å². The molecule has 0 saturated carbocycles. The number of anilines is 1. The Morgan fingerprint density at radius 3 is 2.61 bits per heavy atom. The van der Waals surface area contributed by atoms with Gasteiger partial charge < -0.3 is 5.32 Å². The molecule has 0 saturated heterocycles. The van der Waals surface area contributed by atoms with E-state index in [1.807, 2.05) is 31.2 Å². The molecule has 2 aromatic carbocycles. The summed E-state index contributed by atoms with van der Waals surface area (Å²) in [6.45, 7) is 1.89. The smallest absolute Gasteiger partial charge is 0.228 e. The molecule has 1 N–H and O–H groups in total. The number of benzene rings is 2. The fraction of sp³-hybridized carbons (Fsp3) is 0.188. The largest absolute Gasteiger partial charge is 0.321 e. The molecule has 5 nitrogen and oxygen atoms in total. The first-order chi connectivity index (χ1) is 11.0. The van der Waals surface area contributed by atoms with E-state index in [0.29, 0.717) is 6.07 Å². The fourth-order valence-electron chi connectivity index (χ4n) is 2.38. The van der Waals surface area contributed by atoms with Crippen LogP contribution in [0.3, 0.4) is 0 Å². The van der Waals surface area contributed by atoms with Crippen LogP contribution < -0.4 is 5.32 Å². The second-order valence-electron chi connectivity index (χ2n) is 5.25. The second-order valence-corrected chi connectivity index (χ2v) is 5.25. The van der Waals surface area contributed by atoms with Gasteiger partial charge in [-0.1, -0.05) is 24.3 Å². The SMILES string of the molecule is Cc1ccccc1CC(=O)Nc1c(F)cc(F)c2nn(C)nc12. The lowest BCUT2D eigenvalue weighted by Crippen LogP contribution is -2.16. The molecule has 0 fully saturated rings. The second kappa shape index (κ2) is 5.75. The van der Waals surface area contributed by atoms with Gasteiger partial charge in [-0.2, -0.15) is 15.0 Å². The Kier molecular flexibility index (Phi) is 3.77. The van der Waals surface area contributed by atoms with E-state index in [1.165, 1.54) is 7.05 Å². The summed E-state index contributed by atoms with van der Waals surface area (Å²) in [6, 6.07) is 8.12. The van der Waals surface area contributed by atoms with E-state index in [0.717, 1.165) is 15.9 Å². The maximum absolute atomic E-state index is 14.0. The predicted molar refractivity (Wildman–Crippen MR) is 81.9 cm³/mol. The lowest BCUT2D eigenvalue weighted by molar-refractivity contribution is -0.115. The lowest BCUT2D eigenvalue weighted by atomic mass is 10.1. The first-order valence-corrected chi connectivity index (χ1v) is 6.99. The van der Waals surface area contributed by atoms with Crippen molar-refractivity contribution < 1.29 is 13.6 Å². The molecule has 0 aliphatic carbocycles. The van der Waals surface area contributed by atoms with Crippen molar-refractivity contribution in [3.05, 3.63) is 53.1 Å². The van der Waals surface area contributed by atoms with E-state index in [1.54, 1.807) is 0 Å². The van der Waals surface area contributed by atoms with Crippen molar-refractivity contribution in [2.24, 2.45) is 7.05 Å². The van der Waals surface area contributed by atoms with E-state index in [-0.39, 0.29) is 23.1 Å². The molecule has 3 aromatic rings. The van der Waals surface area contributed by atoms with Gasteiger partial charge in [0.25, 0.3) is 0 Å². The highest BCUT2D eigenvalue weighted by Gasteiger charge is 2.19. The predicted octanol–water partition coefficient (Wildman–Crippen LogP) is 2.74. The molecule has 0 radical (unpaired) electrons. The number of rotatable bonds is 3. The third kappa shape index (κ3) is 2.90. The number of aryl methyl sites for hydroxylation is 2. The van der Waals surface area contributed by atoms with Crippen LogP contribution in [0.2, 0.25) is 0 Å². The van der Waals surface area contributed by atoms with Crippen LogP contribution in [0.5, 0.6) is 0 Å². The number of aromatic nitrogens is 3. The molecule has 3 rings (SSSR count).